The van der Waals surface area contributed by atoms with Gasteiger partial charge in [-0.05, 0) is 60.8 Å². The molecule has 1 atom stereocenters. The molecule has 152 valence electrons. The summed E-state index contributed by atoms with van der Waals surface area (Å²) in [5.41, 5.74) is 1.17. The van der Waals surface area contributed by atoms with Crippen molar-refractivity contribution in [2.75, 3.05) is 0 Å². The average molecular weight is 438 g/mol. The number of benzene rings is 1. The molecule has 3 rings (SSSR count). The summed E-state index contributed by atoms with van der Waals surface area (Å²) >= 11 is 12.4. The Bertz CT molecular complexity index is 830. The smallest absolute Gasteiger partial charge is 0.192 e. The Morgan fingerprint density at radius 1 is 1.14 bits per heavy atom. The first-order valence-corrected chi connectivity index (χ1v) is 13.3. The van der Waals surface area contributed by atoms with E-state index in [1.807, 2.05) is 30.3 Å². The van der Waals surface area contributed by atoms with Gasteiger partial charge in [0.05, 0.1) is 15.7 Å². The molecule has 1 N–H and O–H groups in total. The Kier molecular flexibility index (Phi) is 6.01. The molecule has 0 bridgehead atoms. The summed E-state index contributed by atoms with van der Waals surface area (Å²) in [6.45, 7) is 11.3. The highest BCUT2D eigenvalue weighted by molar-refractivity contribution is 6.74. The highest BCUT2D eigenvalue weighted by atomic mass is 35.5. The highest BCUT2D eigenvalue weighted by Crippen LogP contribution is 2.55. The standard InChI is InChI=1S/C22H29Cl2NO2Si/c1-21(2,3)28(4,5)27-16-13-22(14-16,15-9-10-17(23)18(24)12-15)20(26)19-8-6-7-11-25-19/h6-12,16,20,26H,13-14H2,1-5H3/t16?,20-,22?/m0/s1. The summed E-state index contributed by atoms with van der Waals surface area (Å²) in [5, 5.41) is 12.5. The molecule has 1 saturated carbocycles. The van der Waals surface area contributed by atoms with Crippen LogP contribution < -0.4 is 0 Å². The molecule has 0 spiro atoms. The van der Waals surface area contributed by atoms with Gasteiger partial charge in [0, 0.05) is 17.7 Å². The third kappa shape index (κ3) is 4.03. The monoisotopic (exact) mass is 437 g/mol. The van der Waals surface area contributed by atoms with Gasteiger partial charge in [-0.3, -0.25) is 4.98 Å². The van der Waals surface area contributed by atoms with E-state index in [1.54, 1.807) is 12.3 Å². The number of rotatable bonds is 5. The molecule has 2 aromatic rings. The zero-order chi connectivity index (χ0) is 20.7. The first-order chi connectivity index (χ1) is 13.0. The van der Waals surface area contributed by atoms with Gasteiger partial charge in [0.15, 0.2) is 8.32 Å². The van der Waals surface area contributed by atoms with Crippen LogP contribution in [0.4, 0.5) is 0 Å². The lowest BCUT2D eigenvalue weighted by atomic mass is 9.59. The Balaban J connectivity index is 1.91. The molecular formula is C22H29Cl2NO2Si. The van der Waals surface area contributed by atoms with Crippen molar-refractivity contribution in [2.24, 2.45) is 0 Å². The molecule has 28 heavy (non-hydrogen) atoms. The zero-order valence-corrected chi connectivity index (χ0v) is 19.7. The predicted octanol–water partition coefficient (Wildman–Crippen LogP) is 6.54. The number of halogens is 2. The molecule has 1 fully saturated rings. The number of aromatic nitrogens is 1. The quantitative estimate of drug-likeness (QED) is 0.539. The second-order valence-corrected chi connectivity index (χ2v) is 14.9. The van der Waals surface area contributed by atoms with E-state index in [9.17, 15) is 5.11 Å². The van der Waals surface area contributed by atoms with Crippen molar-refractivity contribution in [3.05, 3.63) is 63.9 Å². The molecule has 0 amide bonds. The largest absolute Gasteiger partial charge is 0.414 e. The Labute approximate surface area is 179 Å². The molecular weight excluding hydrogens is 409 g/mol. The minimum Gasteiger partial charge on any atom is -0.414 e. The normalized spacial score (nSPS) is 23.9. The van der Waals surface area contributed by atoms with Crippen LogP contribution in [0.5, 0.6) is 0 Å². The van der Waals surface area contributed by atoms with Gasteiger partial charge in [-0.15, -0.1) is 0 Å². The van der Waals surface area contributed by atoms with Crippen LogP contribution in [0.1, 0.15) is 51.0 Å². The van der Waals surface area contributed by atoms with Crippen molar-refractivity contribution in [1.82, 2.24) is 4.98 Å². The van der Waals surface area contributed by atoms with Gasteiger partial charge in [-0.2, -0.15) is 0 Å². The van der Waals surface area contributed by atoms with E-state index < -0.39 is 19.8 Å². The molecule has 0 radical (unpaired) electrons. The first kappa shape index (κ1) is 21.8. The van der Waals surface area contributed by atoms with E-state index in [0.29, 0.717) is 15.7 Å². The number of pyridine rings is 1. The van der Waals surface area contributed by atoms with E-state index in [4.69, 9.17) is 27.6 Å². The SMILES string of the molecule is CC(C)(C)[Si](C)(C)OC1CC(c2ccc(Cl)c(Cl)c2)([C@@H](O)c2ccccn2)C1. The molecule has 3 nitrogen and oxygen atoms in total. The van der Waals surface area contributed by atoms with Gasteiger partial charge >= 0.3 is 0 Å². The van der Waals surface area contributed by atoms with Gasteiger partial charge in [-0.1, -0.05) is 56.1 Å². The van der Waals surface area contributed by atoms with E-state index >= 15 is 0 Å². The topological polar surface area (TPSA) is 42.4 Å². The van der Waals surface area contributed by atoms with Crippen molar-refractivity contribution >= 4 is 31.5 Å². The number of aliphatic hydroxyl groups is 1. The summed E-state index contributed by atoms with van der Waals surface area (Å²) in [7, 11) is -1.88. The molecule has 1 aliphatic carbocycles. The summed E-state index contributed by atoms with van der Waals surface area (Å²) in [6.07, 6.45) is 2.56. The Morgan fingerprint density at radius 3 is 2.36 bits per heavy atom. The van der Waals surface area contributed by atoms with Gasteiger partial charge < -0.3 is 9.53 Å². The van der Waals surface area contributed by atoms with Crippen LogP contribution in [0.15, 0.2) is 42.6 Å². The van der Waals surface area contributed by atoms with Crippen LogP contribution in [0.2, 0.25) is 28.2 Å². The van der Waals surface area contributed by atoms with E-state index in [2.05, 4.69) is 38.8 Å². The second-order valence-electron chi connectivity index (χ2n) is 9.35. The molecule has 1 aromatic carbocycles. The van der Waals surface area contributed by atoms with Crippen molar-refractivity contribution in [3.63, 3.8) is 0 Å². The maximum atomic E-state index is 11.3. The minimum atomic E-state index is -1.88. The Hall–Kier alpha value is -0.913. The van der Waals surface area contributed by atoms with Gasteiger partial charge in [-0.25, -0.2) is 0 Å². The van der Waals surface area contributed by atoms with Crippen LogP contribution in [0.25, 0.3) is 0 Å². The molecule has 1 heterocycles. The third-order valence-electron chi connectivity index (χ3n) is 6.44. The summed E-state index contributed by atoms with van der Waals surface area (Å²) < 4.78 is 6.60. The molecule has 1 aromatic heterocycles. The zero-order valence-electron chi connectivity index (χ0n) is 17.2. The number of hydrogen-bond donors (Lipinski definition) is 1. The van der Waals surface area contributed by atoms with Gasteiger partial charge in [0.25, 0.3) is 0 Å². The molecule has 0 saturated heterocycles. The van der Waals surface area contributed by atoms with Crippen LogP contribution in [-0.4, -0.2) is 24.5 Å². The number of nitrogens with zero attached hydrogens (tertiary/aromatic N) is 1. The Morgan fingerprint density at radius 2 is 1.82 bits per heavy atom. The van der Waals surface area contributed by atoms with Gasteiger partial charge in [0.1, 0.15) is 6.10 Å². The molecule has 0 unspecified atom stereocenters. The third-order valence-corrected chi connectivity index (χ3v) is 11.7. The van der Waals surface area contributed by atoms with E-state index in [-0.39, 0.29) is 11.1 Å². The fraction of sp³-hybridized carbons (Fsp3) is 0.500. The minimum absolute atomic E-state index is 0.119. The second kappa shape index (κ2) is 7.73. The molecule has 1 aliphatic rings. The van der Waals surface area contributed by atoms with Crippen LogP contribution in [0.3, 0.4) is 0 Å². The summed E-state index contributed by atoms with van der Waals surface area (Å²) in [4.78, 5) is 4.39. The van der Waals surface area contributed by atoms with Crippen molar-refractivity contribution in [2.45, 2.75) is 69.4 Å². The van der Waals surface area contributed by atoms with Crippen LogP contribution >= 0.6 is 23.2 Å². The fourth-order valence-corrected chi connectivity index (χ4v) is 5.32. The first-order valence-electron chi connectivity index (χ1n) is 9.69. The lowest BCUT2D eigenvalue weighted by molar-refractivity contribution is -0.0529. The predicted molar refractivity (Wildman–Crippen MR) is 119 cm³/mol. The van der Waals surface area contributed by atoms with Crippen LogP contribution in [-0.2, 0) is 9.84 Å². The summed E-state index contributed by atoms with van der Waals surface area (Å²) in [5.74, 6) is 0. The lowest BCUT2D eigenvalue weighted by Gasteiger charge is -2.53. The number of aliphatic hydroxyl groups excluding tert-OH is 1. The van der Waals surface area contributed by atoms with Crippen molar-refractivity contribution < 1.29 is 9.53 Å². The summed E-state index contributed by atoms with van der Waals surface area (Å²) in [6, 6.07) is 11.3. The van der Waals surface area contributed by atoms with E-state index in [0.717, 1.165) is 18.4 Å². The van der Waals surface area contributed by atoms with Gasteiger partial charge in [0.2, 0.25) is 0 Å². The maximum absolute atomic E-state index is 11.3. The van der Waals surface area contributed by atoms with Crippen LogP contribution in [0, 0.1) is 0 Å². The number of hydrogen-bond acceptors (Lipinski definition) is 3. The van der Waals surface area contributed by atoms with E-state index in [1.165, 1.54) is 0 Å². The fourth-order valence-electron chi connectivity index (χ4n) is 3.67. The molecule has 6 heteroatoms. The van der Waals surface area contributed by atoms with Crippen molar-refractivity contribution in [3.8, 4) is 0 Å². The average Bonchev–Trinajstić information content (AvgIpc) is 2.59. The highest BCUT2D eigenvalue weighted by Gasteiger charge is 2.54. The maximum Gasteiger partial charge on any atom is 0.192 e. The lowest BCUT2D eigenvalue weighted by Crippen LogP contribution is -2.55. The van der Waals surface area contributed by atoms with Crippen molar-refractivity contribution in [1.29, 1.82) is 0 Å². The molecule has 0 aliphatic heterocycles.